The van der Waals surface area contributed by atoms with Crippen molar-refractivity contribution in [3.05, 3.63) is 60.0 Å². The molecule has 0 atom stereocenters. The fourth-order valence-electron chi connectivity index (χ4n) is 3.69. The zero-order valence-electron chi connectivity index (χ0n) is 20.6. The fourth-order valence-corrected chi connectivity index (χ4v) is 5.04. The van der Waals surface area contributed by atoms with Crippen LogP contribution in [0.5, 0.6) is 0 Å². The largest absolute Gasteiger partial charge is 1.00 e. The van der Waals surface area contributed by atoms with Crippen molar-refractivity contribution >= 4 is 72.4 Å². The number of aromatic nitrogens is 3. The van der Waals surface area contributed by atoms with E-state index >= 15 is 0 Å². The molecule has 4 aromatic rings. The number of aryl methyl sites for hydroxylation is 2. The minimum absolute atomic E-state index is 0. The molecule has 0 spiro atoms. The summed E-state index contributed by atoms with van der Waals surface area (Å²) in [5.74, 6) is -0.946. The van der Waals surface area contributed by atoms with Crippen LogP contribution < -0.4 is 67.8 Å². The summed E-state index contributed by atoms with van der Waals surface area (Å²) in [6, 6.07) is 8.35. The van der Waals surface area contributed by atoms with E-state index < -0.39 is 41.8 Å². The Hall–Kier alpha value is -2.32. The maximum absolute atomic E-state index is 12.9. The van der Waals surface area contributed by atoms with Crippen LogP contribution in [-0.2, 0) is 34.3 Å². The van der Waals surface area contributed by atoms with Crippen molar-refractivity contribution in [1.82, 2.24) is 14.3 Å². The van der Waals surface area contributed by atoms with Crippen molar-refractivity contribution in [2.45, 2.75) is 9.79 Å². The summed E-state index contributed by atoms with van der Waals surface area (Å²) in [5.41, 5.74) is 6.36. The molecule has 0 aliphatic carbocycles. The summed E-state index contributed by atoms with van der Waals surface area (Å²) in [4.78, 5) is 23.9. The van der Waals surface area contributed by atoms with Crippen LogP contribution in [0.15, 0.2) is 58.5 Å². The summed E-state index contributed by atoms with van der Waals surface area (Å²) in [6.45, 7) is 0. The molecule has 0 fully saturated rings. The Morgan fingerprint density at radius 1 is 0.872 bits per heavy atom. The van der Waals surface area contributed by atoms with Crippen molar-refractivity contribution in [3.63, 3.8) is 0 Å². The third-order valence-electron chi connectivity index (χ3n) is 5.35. The van der Waals surface area contributed by atoms with E-state index in [-0.39, 0.29) is 97.5 Å². The van der Waals surface area contributed by atoms with Crippen LogP contribution in [-0.4, -0.2) is 52.1 Å². The van der Waals surface area contributed by atoms with Crippen molar-refractivity contribution in [2.24, 2.45) is 14.1 Å². The molecule has 39 heavy (non-hydrogen) atoms. The molecule has 2 aromatic heterocycles. The van der Waals surface area contributed by atoms with Gasteiger partial charge < -0.3 is 20.9 Å². The van der Waals surface area contributed by atoms with E-state index in [9.17, 15) is 35.5 Å². The van der Waals surface area contributed by atoms with Gasteiger partial charge in [-0.3, -0.25) is 23.4 Å². The number of carbonyl (C=O) groups is 2. The number of anilines is 3. The van der Waals surface area contributed by atoms with Crippen molar-refractivity contribution < 1.29 is 86.9 Å². The predicted molar refractivity (Wildman–Crippen MR) is 140 cm³/mol. The number of hydrogen-bond acceptors (Lipinski definition) is 8. The molecule has 2 aromatic carbocycles. The number of halogens is 1. The van der Waals surface area contributed by atoms with Gasteiger partial charge >= 0.3 is 51.4 Å². The Labute approximate surface area is 271 Å². The fraction of sp³-hybridized carbons (Fsp3) is 0.0952. The molecular weight excluding hydrogens is 603 g/mol. The Morgan fingerprint density at radius 2 is 1.49 bits per heavy atom. The van der Waals surface area contributed by atoms with Gasteiger partial charge in [-0.05, 0) is 35.7 Å². The van der Waals surface area contributed by atoms with E-state index in [1.165, 1.54) is 45.8 Å². The van der Waals surface area contributed by atoms with E-state index in [1.54, 1.807) is 14.1 Å². The van der Waals surface area contributed by atoms with Gasteiger partial charge in [0.1, 0.15) is 22.1 Å². The molecule has 0 saturated heterocycles. The second-order valence-electron chi connectivity index (χ2n) is 8.02. The quantitative estimate of drug-likeness (QED) is 0.129. The van der Waals surface area contributed by atoms with E-state index in [0.717, 1.165) is 6.07 Å². The van der Waals surface area contributed by atoms with E-state index in [2.05, 4.69) is 15.7 Å². The number of carbonyl (C=O) groups excluding carboxylic acids is 2. The Morgan fingerprint density at radius 3 is 2.05 bits per heavy atom. The Balaban J connectivity index is 0.00000267. The molecule has 18 heteroatoms. The number of fused-ring (bicyclic) bond motifs is 1. The molecule has 4 rings (SSSR count). The number of nitrogens with two attached hydrogens (primary N) is 1. The maximum Gasteiger partial charge on any atom is 1.00 e. The van der Waals surface area contributed by atoms with Gasteiger partial charge in [-0.15, -0.1) is 12.4 Å². The number of rotatable bonds is 6. The molecule has 2 amide bonds. The second-order valence-corrected chi connectivity index (χ2v) is 10.8. The molecular formula is C21H21ClKN6O8S2+. The molecule has 0 aliphatic rings. The third kappa shape index (κ3) is 7.26. The van der Waals surface area contributed by atoms with Gasteiger partial charge in [0.05, 0.1) is 10.6 Å². The van der Waals surface area contributed by atoms with E-state index in [4.69, 9.17) is 5.73 Å². The van der Waals surface area contributed by atoms with Crippen LogP contribution in [0.2, 0.25) is 0 Å². The van der Waals surface area contributed by atoms with E-state index in [0.29, 0.717) is 11.8 Å². The molecule has 202 valence electrons. The van der Waals surface area contributed by atoms with Crippen LogP contribution >= 0.6 is 12.4 Å². The summed E-state index contributed by atoms with van der Waals surface area (Å²) < 4.78 is 68.4. The van der Waals surface area contributed by atoms with Crippen molar-refractivity contribution in [3.8, 4) is 0 Å². The van der Waals surface area contributed by atoms with Gasteiger partial charge in [-0.1, -0.05) is 6.07 Å². The van der Waals surface area contributed by atoms with E-state index in [1.807, 2.05) is 0 Å². The smallest absolute Gasteiger partial charge is 0.382 e. The third-order valence-corrected chi connectivity index (χ3v) is 7.08. The number of nitrogens with one attached hydrogen (secondary N) is 2. The van der Waals surface area contributed by atoms with Gasteiger partial charge in [0.2, 0.25) is 0 Å². The molecule has 6 N–H and O–H groups in total. The second kappa shape index (κ2) is 12.0. The normalized spacial score (nSPS) is 11.4. The summed E-state index contributed by atoms with van der Waals surface area (Å²) in [6.07, 6.45) is 1.50. The van der Waals surface area contributed by atoms with Crippen LogP contribution in [0.4, 0.5) is 17.2 Å². The van der Waals surface area contributed by atoms with Crippen molar-refractivity contribution in [1.29, 1.82) is 0 Å². The minimum Gasteiger partial charge on any atom is -0.382 e. The molecule has 0 saturated carbocycles. The molecule has 0 radical (unpaired) electrons. The average molecular weight is 624 g/mol. The van der Waals surface area contributed by atoms with Gasteiger partial charge in [-0.25, -0.2) is 0 Å². The van der Waals surface area contributed by atoms with Crippen LogP contribution in [0.25, 0.3) is 10.8 Å². The maximum atomic E-state index is 12.9. The summed E-state index contributed by atoms with van der Waals surface area (Å²) in [5, 5.41) is 9.09. The first kappa shape index (κ1) is 32.9. The van der Waals surface area contributed by atoms with Crippen LogP contribution in [0.1, 0.15) is 21.0 Å². The first-order valence-electron chi connectivity index (χ1n) is 10.2. The number of nitrogens with zero attached hydrogens (tertiary/aromatic N) is 3. The number of amides is 2. The van der Waals surface area contributed by atoms with Gasteiger partial charge in [0.25, 0.3) is 32.1 Å². The topological polar surface area (TPSA) is 216 Å². The standard InChI is InChI=1S/C21H20N6O8S2.ClH.K/c1-26-10-13(24-21(29)17-9-19(22)25-27(17)2)7-16(26)20(28)23-12-4-3-11-5-14(36(30,31)32)8-18(15(11)6-12)37(33,34)35;;/h3-10H,1-2H3,(H2,22,25)(H,23,28)(H,24,29)(H,30,31,32)(H,33,34,35);1H;/q;;+1. The Bertz CT molecular complexity index is 1820. The minimum atomic E-state index is -4.90. The summed E-state index contributed by atoms with van der Waals surface area (Å²) >= 11 is 0. The van der Waals surface area contributed by atoms with Crippen LogP contribution in [0, 0.1) is 0 Å². The van der Waals surface area contributed by atoms with Crippen molar-refractivity contribution in [2.75, 3.05) is 16.4 Å². The number of nitrogen functional groups attached to an aromatic ring is 1. The van der Waals surface area contributed by atoms with Gasteiger partial charge in [0, 0.05) is 37.4 Å². The van der Waals surface area contributed by atoms with Gasteiger partial charge in [0.15, 0.2) is 0 Å². The molecule has 2 heterocycles. The predicted octanol–water partition coefficient (Wildman–Crippen LogP) is -1.08. The number of benzene rings is 2. The molecule has 0 unspecified atom stereocenters. The first-order chi connectivity index (χ1) is 17.1. The Kier molecular flexibility index (Phi) is 10.2. The molecule has 0 aliphatic heterocycles. The average Bonchev–Trinajstić information content (AvgIpc) is 3.32. The zero-order valence-corrected chi connectivity index (χ0v) is 26.2. The zero-order chi connectivity index (χ0) is 27.3. The van der Waals surface area contributed by atoms with Gasteiger partial charge in [-0.2, -0.15) is 21.9 Å². The monoisotopic (exact) mass is 623 g/mol. The molecule has 14 nitrogen and oxygen atoms in total. The summed E-state index contributed by atoms with van der Waals surface area (Å²) in [7, 11) is -6.54. The SMILES string of the molecule is Cl.Cn1cc(NC(=O)c2cc(N)nn2C)cc1C(=O)Nc1ccc2cc(S(=O)(=O)O)cc(S(=O)(=O)O)c2c1.[K+]. The van der Waals surface area contributed by atoms with Crippen LogP contribution in [0.3, 0.4) is 0 Å². The first-order valence-corrected chi connectivity index (χ1v) is 13.1. The number of hydrogen-bond donors (Lipinski definition) is 5. The molecule has 0 bridgehead atoms.